The van der Waals surface area contributed by atoms with Crippen LogP contribution in [0.5, 0.6) is 0 Å². The van der Waals surface area contributed by atoms with Crippen molar-refractivity contribution >= 4 is 22.4 Å². The quantitative estimate of drug-likeness (QED) is 0.802. The summed E-state index contributed by atoms with van der Waals surface area (Å²) in [5, 5.41) is 4.29. The van der Waals surface area contributed by atoms with Gasteiger partial charge in [-0.2, -0.15) is 0 Å². The van der Waals surface area contributed by atoms with Crippen LogP contribution in [0.25, 0.3) is 0 Å². The molecule has 0 aliphatic rings. The summed E-state index contributed by atoms with van der Waals surface area (Å²) < 4.78 is 4.72. The van der Waals surface area contributed by atoms with E-state index >= 15 is 0 Å². The normalized spacial score (nSPS) is 11.4. The topological polar surface area (TPSA) is 51.2 Å². The number of carbonyl (C=O) groups is 1. The SMILES string of the molecule is CCC(CC)(CC)Nc1nc(C(=O)OC)c(C)s1. The summed E-state index contributed by atoms with van der Waals surface area (Å²) in [4.78, 5) is 16.7. The number of hydrogen-bond donors (Lipinski definition) is 1. The molecule has 0 saturated carbocycles. The monoisotopic (exact) mass is 270 g/mol. The third kappa shape index (κ3) is 3.02. The van der Waals surface area contributed by atoms with Gasteiger partial charge in [0, 0.05) is 10.4 Å². The molecule has 0 aliphatic heterocycles. The van der Waals surface area contributed by atoms with Crippen molar-refractivity contribution in [2.45, 2.75) is 52.5 Å². The molecule has 1 aromatic rings. The molecule has 0 spiro atoms. The summed E-state index contributed by atoms with van der Waals surface area (Å²) in [6.45, 7) is 8.39. The van der Waals surface area contributed by atoms with Crippen LogP contribution in [0.15, 0.2) is 0 Å². The Bertz CT molecular complexity index is 403. The Hall–Kier alpha value is -1.10. The molecule has 18 heavy (non-hydrogen) atoms. The third-order valence-electron chi connectivity index (χ3n) is 3.58. The molecule has 1 N–H and O–H groups in total. The predicted octanol–water partition coefficient (Wildman–Crippen LogP) is 3.62. The molecule has 1 heterocycles. The average molecular weight is 270 g/mol. The lowest BCUT2D eigenvalue weighted by Gasteiger charge is -2.31. The zero-order valence-corrected chi connectivity index (χ0v) is 12.6. The zero-order valence-electron chi connectivity index (χ0n) is 11.8. The number of esters is 1. The molecule has 102 valence electrons. The molecule has 0 atom stereocenters. The first-order valence-corrected chi connectivity index (χ1v) is 7.17. The fourth-order valence-electron chi connectivity index (χ4n) is 1.98. The van der Waals surface area contributed by atoms with Crippen LogP contribution in [-0.4, -0.2) is 23.6 Å². The summed E-state index contributed by atoms with van der Waals surface area (Å²) >= 11 is 1.51. The summed E-state index contributed by atoms with van der Waals surface area (Å²) in [6.07, 6.45) is 3.10. The molecular formula is C13H22N2O2S. The highest BCUT2D eigenvalue weighted by atomic mass is 32.1. The molecule has 0 bridgehead atoms. The van der Waals surface area contributed by atoms with Crippen LogP contribution in [0.4, 0.5) is 5.13 Å². The van der Waals surface area contributed by atoms with Gasteiger partial charge in [-0.25, -0.2) is 9.78 Å². The minimum atomic E-state index is -0.369. The lowest BCUT2D eigenvalue weighted by atomic mass is 9.90. The number of carbonyl (C=O) groups excluding carboxylic acids is 1. The highest BCUT2D eigenvalue weighted by molar-refractivity contribution is 7.15. The van der Waals surface area contributed by atoms with Crippen molar-refractivity contribution in [3.8, 4) is 0 Å². The number of methoxy groups -OCH3 is 1. The molecule has 4 nitrogen and oxygen atoms in total. The van der Waals surface area contributed by atoms with Crippen LogP contribution in [0.1, 0.15) is 55.4 Å². The second-order valence-electron chi connectivity index (χ2n) is 4.38. The number of aromatic nitrogens is 1. The van der Waals surface area contributed by atoms with E-state index in [1.165, 1.54) is 18.4 Å². The van der Waals surface area contributed by atoms with Gasteiger partial charge in [0.25, 0.3) is 0 Å². The van der Waals surface area contributed by atoms with Crippen molar-refractivity contribution in [2.75, 3.05) is 12.4 Å². The van der Waals surface area contributed by atoms with Gasteiger partial charge in [-0.05, 0) is 26.2 Å². The number of hydrogen-bond acceptors (Lipinski definition) is 5. The second kappa shape index (κ2) is 6.18. The Kier molecular flexibility index (Phi) is 5.14. The molecule has 0 unspecified atom stereocenters. The average Bonchev–Trinajstić information content (AvgIpc) is 2.76. The number of nitrogens with zero attached hydrogens (tertiary/aromatic N) is 1. The molecule has 0 radical (unpaired) electrons. The van der Waals surface area contributed by atoms with E-state index in [4.69, 9.17) is 4.74 Å². The van der Waals surface area contributed by atoms with Gasteiger partial charge < -0.3 is 10.1 Å². The van der Waals surface area contributed by atoms with Gasteiger partial charge in [-0.15, -0.1) is 11.3 Å². The van der Waals surface area contributed by atoms with Gasteiger partial charge in [0.05, 0.1) is 7.11 Å². The van der Waals surface area contributed by atoms with Crippen LogP contribution in [-0.2, 0) is 4.74 Å². The van der Waals surface area contributed by atoms with Gasteiger partial charge in [0.1, 0.15) is 0 Å². The van der Waals surface area contributed by atoms with Crippen LogP contribution >= 0.6 is 11.3 Å². The lowest BCUT2D eigenvalue weighted by molar-refractivity contribution is 0.0594. The summed E-state index contributed by atoms with van der Waals surface area (Å²) in [5.74, 6) is -0.369. The summed E-state index contributed by atoms with van der Waals surface area (Å²) in [7, 11) is 1.38. The molecule has 1 aromatic heterocycles. The van der Waals surface area contributed by atoms with E-state index in [1.807, 2.05) is 6.92 Å². The van der Waals surface area contributed by atoms with Gasteiger partial charge in [0.15, 0.2) is 10.8 Å². The van der Waals surface area contributed by atoms with E-state index in [0.717, 1.165) is 29.3 Å². The van der Waals surface area contributed by atoms with Crippen molar-refractivity contribution in [3.63, 3.8) is 0 Å². The fourth-order valence-corrected chi connectivity index (χ4v) is 2.90. The van der Waals surface area contributed by atoms with Crippen molar-refractivity contribution in [1.29, 1.82) is 0 Å². The summed E-state index contributed by atoms with van der Waals surface area (Å²) in [6, 6.07) is 0. The highest BCUT2D eigenvalue weighted by Crippen LogP contribution is 2.30. The first-order valence-electron chi connectivity index (χ1n) is 6.35. The smallest absolute Gasteiger partial charge is 0.357 e. The number of thiazole rings is 1. The first-order chi connectivity index (χ1) is 8.51. The largest absolute Gasteiger partial charge is 0.464 e. The Balaban J connectivity index is 2.95. The van der Waals surface area contributed by atoms with E-state index in [0.29, 0.717) is 5.69 Å². The van der Waals surface area contributed by atoms with E-state index < -0.39 is 0 Å². The molecule has 0 amide bonds. The second-order valence-corrected chi connectivity index (χ2v) is 5.58. The van der Waals surface area contributed by atoms with Crippen molar-refractivity contribution < 1.29 is 9.53 Å². The number of rotatable bonds is 6. The van der Waals surface area contributed by atoms with Crippen molar-refractivity contribution in [2.24, 2.45) is 0 Å². The Morgan fingerprint density at radius 3 is 2.33 bits per heavy atom. The number of nitrogens with one attached hydrogen (secondary N) is 1. The molecule has 1 rings (SSSR count). The molecule has 0 aromatic carbocycles. The van der Waals surface area contributed by atoms with Crippen molar-refractivity contribution in [3.05, 3.63) is 10.6 Å². The Morgan fingerprint density at radius 1 is 1.33 bits per heavy atom. The number of anilines is 1. The molecule has 5 heteroatoms. The summed E-state index contributed by atoms with van der Waals surface area (Å²) in [5.41, 5.74) is 0.486. The van der Waals surface area contributed by atoms with Gasteiger partial charge in [-0.1, -0.05) is 20.8 Å². The van der Waals surface area contributed by atoms with Crippen LogP contribution in [0.2, 0.25) is 0 Å². The van der Waals surface area contributed by atoms with Crippen LogP contribution < -0.4 is 5.32 Å². The molecular weight excluding hydrogens is 248 g/mol. The van der Waals surface area contributed by atoms with E-state index in [9.17, 15) is 4.79 Å². The van der Waals surface area contributed by atoms with E-state index in [-0.39, 0.29) is 11.5 Å². The maximum Gasteiger partial charge on any atom is 0.357 e. The Labute approximate surface area is 113 Å². The van der Waals surface area contributed by atoms with Gasteiger partial charge in [-0.3, -0.25) is 0 Å². The molecule has 0 saturated heterocycles. The van der Waals surface area contributed by atoms with Crippen LogP contribution in [0.3, 0.4) is 0 Å². The molecule has 0 aliphatic carbocycles. The van der Waals surface area contributed by atoms with Gasteiger partial charge in [0.2, 0.25) is 0 Å². The maximum atomic E-state index is 11.5. The predicted molar refractivity (Wildman–Crippen MR) is 75.4 cm³/mol. The minimum Gasteiger partial charge on any atom is -0.464 e. The third-order valence-corrected chi connectivity index (χ3v) is 4.46. The minimum absolute atomic E-state index is 0.0671. The number of ether oxygens (including phenoxy) is 1. The number of aryl methyl sites for hydroxylation is 1. The van der Waals surface area contributed by atoms with Gasteiger partial charge >= 0.3 is 5.97 Å². The van der Waals surface area contributed by atoms with Crippen LogP contribution in [0, 0.1) is 6.92 Å². The zero-order chi connectivity index (χ0) is 13.8. The first kappa shape index (κ1) is 15.0. The lowest BCUT2D eigenvalue weighted by Crippen LogP contribution is -2.36. The standard InChI is InChI=1S/C13H22N2O2S/c1-6-13(7-2,8-3)15-12-14-10(9(4)18-12)11(16)17-5/h6-8H2,1-5H3,(H,14,15). The Morgan fingerprint density at radius 2 is 1.89 bits per heavy atom. The van der Waals surface area contributed by atoms with E-state index in [1.54, 1.807) is 0 Å². The maximum absolute atomic E-state index is 11.5. The highest BCUT2D eigenvalue weighted by Gasteiger charge is 2.26. The molecule has 0 fully saturated rings. The van der Waals surface area contributed by atoms with Crippen molar-refractivity contribution in [1.82, 2.24) is 4.98 Å². The van der Waals surface area contributed by atoms with E-state index in [2.05, 4.69) is 31.1 Å². The fraction of sp³-hybridized carbons (Fsp3) is 0.692.